The Labute approximate surface area is 222 Å². The number of methoxy groups -OCH3 is 1. The van der Waals surface area contributed by atoms with Gasteiger partial charge in [-0.15, -0.1) is 6.58 Å². The van der Waals surface area contributed by atoms with E-state index >= 15 is 0 Å². The van der Waals surface area contributed by atoms with Crippen LogP contribution in [-0.2, 0) is 25.6 Å². The van der Waals surface area contributed by atoms with E-state index in [1.807, 2.05) is 64.1 Å². The second kappa shape index (κ2) is 17.2. The van der Waals surface area contributed by atoms with E-state index in [0.29, 0.717) is 32.6 Å². The lowest BCUT2D eigenvalue weighted by atomic mass is 9.98. The molecular formula is C30H43NO6. The van der Waals surface area contributed by atoms with Crippen LogP contribution in [0.15, 0.2) is 73.4 Å². The average molecular weight is 514 g/mol. The molecule has 0 radical (unpaired) electrons. The van der Waals surface area contributed by atoms with Crippen molar-refractivity contribution >= 4 is 12.1 Å². The highest BCUT2D eigenvalue weighted by molar-refractivity contribution is 5.81. The SMILES string of the molecule is C=CC(=O)O[C@@H](/C=C/C(=C/CCOCc1ccc(OC)cc1)CCNC(=O)OC(C)(C)C)[C@H](C=C)CC. The highest BCUT2D eigenvalue weighted by Crippen LogP contribution is 2.18. The Morgan fingerprint density at radius 3 is 2.41 bits per heavy atom. The zero-order valence-electron chi connectivity index (χ0n) is 23.0. The predicted molar refractivity (Wildman–Crippen MR) is 147 cm³/mol. The van der Waals surface area contributed by atoms with Gasteiger partial charge in [0.2, 0.25) is 0 Å². The number of esters is 1. The van der Waals surface area contributed by atoms with E-state index in [0.717, 1.165) is 29.4 Å². The Morgan fingerprint density at radius 2 is 1.84 bits per heavy atom. The number of alkyl carbamates (subject to hydrolysis) is 1. The molecule has 0 aliphatic carbocycles. The van der Waals surface area contributed by atoms with Gasteiger partial charge in [-0.3, -0.25) is 0 Å². The van der Waals surface area contributed by atoms with E-state index in [1.54, 1.807) is 13.2 Å². The summed E-state index contributed by atoms with van der Waals surface area (Å²) in [5.41, 5.74) is 1.47. The lowest BCUT2D eigenvalue weighted by Gasteiger charge is -2.20. The van der Waals surface area contributed by atoms with Gasteiger partial charge in [0.05, 0.1) is 20.3 Å². The van der Waals surface area contributed by atoms with Crippen LogP contribution in [0.1, 0.15) is 52.5 Å². The minimum atomic E-state index is -0.564. The maximum atomic E-state index is 12.0. The molecule has 0 saturated carbocycles. The number of carbonyl (C=O) groups is 2. The first-order valence-electron chi connectivity index (χ1n) is 12.6. The van der Waals surface area contributed by atoms with Crippen molar-refractivity contribution in [2.45, 2.75) is 65.3 Å². The average Bonchev–Trinajstić information content (AvgIpc) is 2.86. The summed E-state index contributed by atoms with van der Waals surface area (Å²) in [6, 6.07) is 7.75. The Hall–Kier alpha value is -3.32. The largest absolute Gasteiger partial charge is 0.497 e. The molecule has 0 spiro atoms. The summed E-state index contributed by atoms with van der Waals surface area (Å²) in [6.45, 7) is 16.2. The standard InChI is InChI=1S/C30H43NO6/c1-8-25(9-2)27(36-28(32)10-3)18-15-23(19-20-31-29(33)37-30(4,5)6)12-11-21-35-22-24-13-16-26(34-7)17-14-24/h8,10,12-18,25,27H,1,3,9,11,19-22H2,2,4-7H3,(H,31,33)/b18-15+,23-12-/t25-,27+/m1/s1. The zero-order valence-corrected chi connectivity index (χ0v) is 23.0. The number of allylic oxidation sites excluding steroid dienone is 1. The van der Waals surface area contributed by atoms with Gasteiger partial charge in [0.1, 0.15) is 17.5 Å². The van der Waals surface area contributed by atoms with Gasteiger partial charge in [-0.2, -0.15) is 0 Å². The molecule has 1 aromatic rings. The fourth-order valence-corrected chi connectivity index (χ4v) is 3.32. The van der Waals surface area contributed by atoms with Crippen LogP contribution in [0.2, 0.25) is 0 Å². The van der Waals surface area contributed by atoms with Gasteiger partial charge in [0.25, 0.3) is 0 Å². The van der Waals surface area contributed by atoms with Crippen molar-refractivity contribution in [2.24, 2.45) is 5.92 Å². The summed E-state index contributed by atoms with van der Waals surface area (Å²) in [7, 11) is 1.64. The molecule has 1 aromatic carbocycles. The summed E-state index contributed by atoms with van der Waals surface area (Å²) in [5.74, 6) is 0.287. The number of carbonyl (C=O) groups excluding carboxylic acids is 2. The van der Waals surface area contributed by atoms with Crippen LogP contribution in [0.3, 0.4) is 0 Å². The lowest BCUT2D eigenvalue weighted by molar-refractivity contribution is -0.142. The third-order valence-corrected chi connectivity index (χ3v) is 5.29. The second-order valence-electron chi connectivity index (χ2n) is 9.42. The summed E-state index contributed by atoms with van der Waals surface area (Å²) in [5, 5.41) is 2.78. The van der Waals surface area contributed by atoms with E-state index in [2.05, 4.69) is 24.6 Å². The fourth-order valence-electron chi connectivity index (χ4n) is 3.32. The van der Waals surface area contributed by atoms with Crippen molar-refractivity contribution in [1.82, 2.24) is 5.32 Å². The molecule has 2 atom stereocenters. The number of hydrogen-bond donors (Lipinski definition) is 1. The molecule has 204 valence electrons. The first-order chi connectivity index (χ1) is 17.6. The van der Waals surface area contributed by atoms with Crippen LogP contribution in [0.5, 0.6) is 5.75 Å². The topological polar surface area (TPSA) is 83.1 Å². The lowest BCUT2D eigenvalue weighted by Crippen LogP contribution is -2.33. The molecule has 0 saturated heterocycles. The van der Waals surface area contributed by atoms with Gasteiger partial charge >= 0.3 is 12.1 Å². The van der Waals surface area contributed by atoms with Crippen LogP contribution < -0.4 is 10.1 Å². The van der Waals surface area contributed by atoms with E-state index in [-0.39, 0.29) is 5.92 Å². The molecule has 1 amide bonds. The first kappa shape index (κ1) is 31.7. The van der Waals surface area contributed by atoms with Gasteiger partial charge in [-0.05, 0) is 63.8 Å². The molecule has 0 aliphatic heterocycles. The van der Waals surface area contributed by atoms with Crippen molar-refractivity contribution in [3.63, 3.8) is 0 Å². The Bertz CT molecular complexity index is 911. The number of amides is 1. The molecule has 1 N–H and O–H groups in total. The molecule has 0 aromatic heterocycles. The number of nitrogens with one attached hydrogen (secondary N) is 1. The van der Waals surface area contributed by atoms with Gasteiger partial charge in [-0.25, -0.2) is 9.59 Å². The first-order valence-corrected chi connectivity index (χ1v) is 12.6. The van der Waals surface area contributed by atoms with E-state index in [9.17, 15) is 9.59 Å². The molecule has 0 fully saturated rings. The number of benzene rings is 1. The molecule has 0 bridgehead atoms. The second-order valence-corrected chi connectivity index (χ2v) is 9.42. The third-order valence-electron chi connectivity index (χ3n) is 5.29. The minimum Gasteiger partial charge on any atom is -0.497 e. The van der Waals surface area contributed by atoms with Crippen LogP contribution in [-0.4, -0.2) is 44.0 Å². The summed E-state index contributed by atoms with van der Waals surface area (Å²) < 4.78 is 21.8. The quantitative estimate of drug-likeness (QED) is 0.0917. The van der Waals surface area contributed by atoms with Gasteiger partial charge in [-0.1, -0.05) is 49.4 Å². The van der Waals surface area contributed by atoms with Gasteiger partial charge in [0.15, 0.2) is 0 Å². The summed E-state index contributed by atoms with van der Waals surface area (Å²) in [4.78, 5) is 23.9. The van der Waals surface area contributed by atoms with Crippen LogP contribution >= 0.6 is 0 Å². The molecule has 0 aliphatic rings. The van der Waals surface area contributed by atoms with Crippen molar-refractivity contribution in [3.8, 4) is 5.75 Å². The molecule has 0 unspecified atom stereocenters. The smallest absolute Gasteiger partial charge is 0.407 e. The van der Waals surface area contributed by atoms with Crippen molar-refractivity contribution in [3.05, 3.63) is 78.9 Å². The van der Waals surface area contributed by atoms with E-state index < -0.39 is 23.8 Å². The molecule has 7 heteroatoms. The van der Waals surface area contributed by atoms with Gasteiger partial charge < -0.3 is 24.3 Å². The van der Waals surface area contributed by atoms with Crippen LogP contribution in [0.25, 0.3) is 0 Å². The third kappa shape index (κ3) is 14.1. The maximum absolute atomic E-state index is 12.0. The maximum Gasteiger partial charge on any atom is 0.407 e. The molecule has 7 nitrogen and oxygen atoms in total. The van der Waals surface area contributed by atoms with Crippen molar-refractivity contribution in [2.75, 3.05) is 20.3 Å². The Balaban J connectivity index is 2.83. The fraction of sp³-hybridized carbons (Fsp3) is 0.467. The normalized spacial score (nSPS) is 13.5. The van der Waals surface area contributed by atoms with Crippen LogP contribution in [0, 0.1) is 5.92 Å². The highest BCUT2D eigenvalue weighted by atomic mass is 16.6. The summed E-state index contributed by atoms with van der Waals surface area (Å²) >= 11 is 0. The monoisotopic (exact) mass is 513 g/mol. The van der Waals surface area contributed by atoms with Crippen LogP contribution in [0.4, 0.5) is 4.79 Å². The highest BCUT2D eigenvalue weighted by Gasteiger charge is 2.18. The molecule has 0 heterocycles. The van der Waals surface area contributed by atoms with E-state index in [4.69, 9.17) is 18.9 Å². The van der Waals surface area contributed by atoms with Gasteiger partial charge in [0, 0.05) is 18.5 Å². The molecular weight excluding hydrogens is 470 g/mol. The molecule has 37 heavy (non-hydrogen) atoms. The van der Waals surface area contributed by atoms with E-state index in [1.165, 1.54) is 0 Å². The molecule has 1 rings (SSSR count). The minimum absolute atomic E-state index is 0.0332. The summed E-state index contributed by atoms with van der Waals surface area (Å²) in [6.07, 6.45) is 9.85. The Kier molecular flexibility index (Phi) is 14.7. The zero-order chi connectivity index (χ0) is 27.7. The predicted octanol–water partition coefficient (Wildman–Crippen LogP) is 6.31. The van der Waals surface area contributed by atoms with Crippen molar-refractivity contribution < 1.29 is 28.5 Å². The Morgan fingerprint density at radius 1 is 1.14 bits per heavy atom. The number of hydrogen-bond acceptors (Lipinski definition) is 6. The van der Waals surface area contributed by atoms with Crippen molar-refractivity contribution in [1.29, 1.82) is 0 Å². The number of ether oxygens (including phenoxy) is 4. The number of rotatable bonds is 16.